The molecule has 3 N–H and O–H groups in total. The van der Waals surface area contributed by atoms with Crippen molar-refractivity contribution in [1.82, 2.24) is 25.3 Å². The van der Waals surface area contributed by atoms with Gasteiger partial charge in [-0.25, -0.2) is 0 Å². The SMILES string of the molecule is CNc1nc(NCc2ccon2)c2cn[nH]c2n1. The molecule has 3 aromatic heterocycles. The van der Waals surface area contributed by atoms with Crippen LogP contribution in [0.2, 0.25) is 0 Å². The van der Waals surface area contributed by atoms with E-state index in [-0.39, 0.29) is 0 Å². The summed E-state index contributed by atoms with van der Waals surface area (Å²) in [7, 11) is 1.76. The van der Waals surface area contributed by atoms with Crippen LogP contribution >= 0.6 is 0 Å². The maximum absolute atomic E-state index is 4.77. The standard InChI is InChI=1S/C10H11N7O/c1-11-10-14-8(7-5-13-16-9(7)15-10)12-4-6-2-3-18-17-6/h2-3,5H,4H2,1H3,(H3,11,12,13,14,15,16). The van der Waals surface area contributed by atoms with Crippen molar-refractivity contribution < 1.29 is 4.52 Å². The third kappa shape index (κ3) is 1.83. The van der Waals surface area contributed by atoms with Gasteiger partial charge in [-0.1, -0.05) is 5.16 Å². The van der Waals surface area contributed by atoms with Gasteiger partial charge in [0.15, 0.2) is 5.65 Å². The second kappa shape index (κ2) is 4.32. The first-order valence-electron chi connectivity index (χ1n) is 5.39. The van der Waals surface area contributed by atoms with Crippen LogP contribution < -0.4 is 10.6 Å². The van der Waals surface area contributed by atoms with E-state index in [2.05, 4.69) is 36.0 Å². The van der Waals surface area contributed by atoms with Crippen molar-refractivity contribution >= 4 is 22.8 Å². The highest BCUT2D eigenvalue weighted by molar-refractivity contribution is 5.86. The molecule has 0 saturated heterocycles. The Bertz CT molecular complexity index is 645. The fourth-order valence-corrected chi connectivity index (χ4v) is 1.58. The second-order valence-electron chi connectivity index (χ2n) is 3.62. The minimum Gasteiger partial charge on any atom is -0.364 e. The number of aromatic nitrogens is 5. The summed E-state index contributed by atoms with van der Waals surface area (Å²) in [6.45, 7) is 0.525. The highest BCUT2D eigenvalue weighted by Crippen LogP contribution is 2.20. The Balaban J connectivity index is 1.92. The van der Waals surface area contributed by atoms with Crippen molar-refractivity contribution in [2.75, 3.05) is 17.7 Å². The average Bonchev–Trinajstić information content (AvgIpc) is 3.06. The Labute approximate surface area is 102 Å². The predicted molar refractivity (Wildman–Crippen MR) is 65.1 cm³/mol. The van der Waals surface area contributed by atoms with Gasteiger partial charge in [-0.05, 0) is 0 Å². The number of rotatable bonds is 4. The third-order valence-electron chi connectivity index (χ3n) is 2.46. The van der Waals surface area contributed by atoms with Crippen LogP contribution in [0.25, 0.3) is 11.0 Å². The van der Waals surface area contributed by atoms with Crippen molar-refractivity contribution in [3.05, 3.63) is 24.2 Å². The van der Waals surface area contributed by atoms with E-state index in [0.717, 1.165) is 11.1 Å². The molecule has 0 bridgehead atoms. The van der Waals surface area contributed by atoms with Crippen LogP contribution in [0.5, 0.6) is 0 Å². The summed E-state index contributed by atoms with van der Waals surface area (Å²) in [5.41, 5.74) is 1.48. The van der Waals surface area contributed by atoms with E-state index in [1.807, 2.05) is 0 Å². The van der Waals surface area contributed by atoms with Crippen LogP contribution in [0.4, 0.5) is 11.8 Å². The number of nitrogens with one attached hydrogen (secondary N) is 3. The highest BCUT2D eigenvalue weighted by atomic mass is 16.5. The first kappa shape index (κ1) is 10.5. The maximum Gasteiger partial charge on any atom is 0.226 e. The van der Waals surface area contributed by atoms with Crippen LogP contribution in [-0.4, -0.2) is 32.4 Å². The van der Waals surface area contributed by atoms with Gasteiger partial charge in [0, 0.05) is 13.1 Å². The molecule has 3 rings (SSSR count). The molecule has 8 nitrogen and oxygen atoms in total. The molecule has 0 fully saturated rings. The van der Waals surface area contributed by atoms with Crippen molar-refractivity contribution in [3.8, 4) is 0 Å². The Hall–Kier alpha value is -2.64. The molecule has 0 aliphatic carbocycles. The lowest BCUT2D eigenvalue weighted by atomic mass is 10.3. The summed E-state index contributed by atoms with van der Waals surface area (Å²) < 4.78 is 4.77. The van der Waals surface area contributed by atoms with Gasteiger partial charge >= 0.3 is 0 Å². The molecule has 0 aliphatic rings. The van der Waals surface area contributed by atoms with E-state index < -0.39 is 0 Å². The molecule has 3 aromatic rings. The molecule has 0 spiro atoms. The third-order valence-corrected chi connectivity index (χ3v) is 2.46. The van der Waals surface area contributed by atoms with Crippen molar-refractivity contribution in [2.24, 2.45) is 0 Å². The number of hydrogen-bond donors (Lipinski definition) is 3. The minimum absolute atomic E-state index is 0.523. The van der Waals surface area contributed by atoms with E-state index in [9.17, 15) is 0 Å². The summed E-state index contributed by atoms with van der Waals surface area (Å²) >= 11 is 0. The van der Waals surface area contributed by atoms with E-state index in [1.165, 1.54) is 6.26 Å². The molecule has 3 heterocycles. The van der Waals surface area contributed by atoms with Gasteiger partial charge < -0.3 is 15.2 Å². The van der Waals surface area contributed by atoms with Gasteiger partial charge in [-0.2, -0.15) is 15.1 Å². The first-order chi connectivity index (χ1) is 8.86. The summed E-state index contributed by atoms with van der Waals surface area (Å²) in [5, 5.41) is 17.5. The monoisotopic (exact) mass is 245 g/mol. The Morgan fingerprint density at radius 1 is 1.39 bits per heavy atom. The zero-order valence-corrected chi connectivity index (χ0v) is 9.64. The molecule has 0 radical (unpaired) electrons. The normalized spacial score (nSPS) is 10.7. The van der Waals surface area contributed by atoms with E-state index in [4.69, 9.17) is 4.52 Å². The quantitative estimate of drug-likeness (QED) is 0.629. The number of aromatic amines is 1. The molecular formula is C10H11N7O. The van der Waals surface area contributed by atoms with Crippen molar-refractivity contribution in [1.29, 1.82) is 0 Å². The molecular weight excluding hydrogens is 234 g/mol. The highest BCUT2D eigenvalue weighted by Gasteiger charge is 2.08. The molecule has 0 aliphatic heterocycles. The van der Waals surface area contributed by atoms with Crippen LogP contribution in [0, 0.1) is 0 Å². The number of H-pyrrole nitrogens is 1. The molecule has 0 amide bonds. The number of fused-ring (bicyclic) bond motifs is 1. The maximum atomic E-state index is 4.77. The summed E-state index contributed by atoms with van der Waals surface area (Å²) in [6.07, 6.45) is 3.21. The first-order valence-corrected chi connectivity index (χ1v) is 5.39. The lowest BCUT2D eigenvalue weighted by molar-refractivity contribution is 0.412. The number of anilines is 2. The fourth-order valence-electron chi connectivity index (χ4n) is 1.58. The van der Waals surface area contributed by atoms with Gasteiger partial charge in [0.2, 0.25) is 5.95 Å². The van der Waals surface area contributed by atoms with Crippen molar-refractivity contribution in [2.45, 2.75) is 6.54 Å². The van der Waals surface area contributed by atoms with Crippen molar-refractivity contribution in [3.63, 3.8) is 0 Å². The van der Waals surface area contributed by atoms with Crippen LogP contribution in [0.3, 0.4) is 0 Å². The summed E-state index contributed by atoms with van der Waals surface area (Å²) in [6, 6.07) is 1.79. The van der Waals surface area contributed by atoms with Crippen LogP contribution in [0.1, 0.15) is 5.69 Å². The zero-order valence-electron chi connectivity index (χ0n) is 9.64. The molecule has 92 valence electrons. The Morgan fingerprint density at radius 2 is 2.33 bits per heavy atom. The van der Waals surface area contributed by atoms with E-state index in [1.54, 1.807) is 19.3 Å². The predicted octanol–water partition coefficient (Wildman–Crippen LogP) is 0.995. The topological polar surface area (TPSA) is 105 Å². The van der Waals surface area contributed by atoms with Gasteiger partial charge in [-0.3, -0.25) is 5.10 Å². The van der Waals surface area contributed by atoms with Gasteiger partial charge in [0.25, 0.3) is 0 Å². The average molecular weight is 245 g/mol. The summed E-state index contributed by atoms with van der Waals surface area (Å²) in [5.74, 6) is 1.22. The lowest BCUT2D eigenvalue weighted by Crippen LogP contribution is -2.05. The molecule has 0 aromatic carbocycles. The smallest absolute Gasteiger partial charge is 0.226 e. The van der Waals surface area contributed by atoms with Crippen LogP contribution in [0.15, 0.2) is 23.0 Å². The van der Waals surface area contributed by atoms with Gasteiger partial charge in [-0.15, -0.1) is 0 Å². The fraction of sp³-hybridized carbons (Fsp3) is 0.200. The van der Waals surface area contributed by atoms with E-state index in [0.29, 0.717) is 24.0 Å². The summed E-state index contributed by atoms with van der Waals surface area (Å²) in [4.78, 5) is 8.58. The molecule has 18 heavy (non-hydrogen) atoms. The van der Waals surface area contributed by atoms with Crippen LogP contribution in [-0.2, 0) is 6.54 Å². The molecule has 0 unspecified atom stereocenters. The molecule has 0 atom stereocenters. The zero-order chi connectivity index (χ0) is 12.4. The minimum atomic E-state index is 0.523. The van der Waals surface area contributed by atoms with E-state index >= 15 is 0 Å². The van der Waals surface area contributed by atoms with Gasteiger partial charge in [0.05, 0.1) is 18.1 Å². The second-order valence-corrected chi connectivity index (χ2v) is 3.62. The largest absolute Gasteiger partial charge is 0.364 e. The number of nitrogens with zero attached hydrogens (tertiary/aromatic N) is 4. The number of hydrogen-bond acceptors (Lipinski definition) is 7. The Kier molecular flexibility index (Phi) is 2.52. The Morgan fingerprint density at radius 3 is 3.11 bits per heavy atom. The van der Waals surface area contributed by atoms with Gasteiger partial charge in [0.1, 0.15) is 17.8 Å². The lowest BCUT2D eigenvalue weighted by Gasteiger charge is -2.06. The molecule has 0 saturated carbocycles. The molecule has 8 heteroatoms.